The molecule has 1 aromatic carbocycles. The van der Waals surface area contributed by atoms with Crippen LogP contribution >= 0.6 is 11.6 Å². The summed E-state index contributed by atoms with van der Waals surface area (Å²) in [5.41, 5.74) is 8.74. The lowest BCUT2D eigenvalue weighted by Gasteiger charge is -2.22. The van der Waals surface area contributed by atoms with E-state index in [9.17, 15) is 9.18 Å². The summed E-state index contributed by atoms with van der Waals surface area (Å²) in [5.74, 6) is 0.696. The van der Waals surface area contributed by atoms with Gasteiger partial charge in [0.2, 0.25) is 5.88 Å². The van der Waals surface area contributed by atoms with E-state index in [0.717, 1.165) is 11.1 Å². The van der Waals surface area contributed by atoms with Gasteiger partial charge in [-0.3, -0.25) is 9.48 Å². The summed E-state index contributed by atoms with van der Waals surface area (Å²) >= 11 is 6.57. The molecule has 200 valence electrons. The summed E-state index contributed by atoms with van der Waals surface area (Å²) in [5, 5.41) is 4.63. The maximum atomic E-state index is 13.5. The molecule has 1 saturated heterocycles. The van der Waals surface area contributed by atoms with Gasteiger partial charge in [-0.05, 0) is 55.8 Å². The number of carbonyl (C=O) groups is 1. The number of amides is 1. The van der Waals surface area contributed by atoms with Crippen molar-refractivity contribution in [1.82, 2.24) is 29.6 Å². The van der Waals surface area contributed by atoms with Crippen molar-refractivity contribution in [2.75, 3.05) is 13.1 Å². The van der Waals surface area contributed by atoms with Crippen LogP contribution in [0.25, 0.3) is 22.8 Å². The maximum absolute atomic E-state index is 13.5. The first-order chi connectivity index (χ1) is 18.6. The van der Waals surface area contributed by atoms with Gasteiger partial charge < -0.3 is 15.4 Å². The number of likely N-dealkylation sites (tertiary alicyclic amines) is 1. The lowest BCUT2D eigenvalue weighted by atomic mass is 9.95. The summed E-state index contributed by atoms with van der Waals surface area (Å²) in [4.78, 5) is 28.3. The molecule has 1 saturated carbocycles. The summed E-state index contributed by atoms with van der Waals surface area (Å²) in [6.07, 6.45) is 3.14. The van der Waals surface area contributed by atoms with Crippen molar-refractivity contribution in [3.05, 3.63) is 77.0 Å². The van der Waals surface area contributed by atoms with E-state index in [1.54, 1.807) is 42.5 Å². The van der Waals surface area contributed by atoms with Crippen molar-refractivity contribution in [3.8, 4) is 28.7 Å². The van der Waals surface area contributed by atoms with Crippen LogP contribution in [0.2, 0.25) is 5.02 Å². The van der Waals surface area contributed by atoms with E-state index in [0.29, 0.717) is 41.9 Å². The molecule has 9 nitrogen and oxygen atoms in total. The Kier molecular flexibility index (Phi) is 6.11. The number of rotatable bonds is 6. The van der Waals surface area contributed by atoms with Crippen LogP contribution in [0.5, 0.6) is 5.88 Å². The van der Waals surface area contributed by atoms with Crippen molar-refractivity contribution < 1.29 is 13.9 Å². The lowest BCUT2D eigenvalue weighted by Crippen LogP contribution is -2.34. The second kappa shape index (κ2) is 9.39. The predicted molar refractivity (Wildman–Crippen MR) is 143 cm³/mol. The number of aryl methyl sites for hydroxylation is 1. The molecule has 2 N–H and O–H groups in total. The van der Waals surface area contributed by atoms with Crippen LogP contribution in [0.1, 0.15) is 29.9 Å². The van der Waals surface area contributed by atoms with Crippen LogP contribution in [0.4, 0.5) is 4.39 Å². The average molecular weight is 548 g/mol. The SMILES string of the molecule is Cn1nc(-c2ncccn2)c(Cl)c1C(=O)N1C[C@@H]2[C@H](C1)[C@H]2Oc1cc(C(C)(C)N)cc(-c2ccc(F)cc2)n1. The van der Waals surface area contributed by atoms with Crippen molar-refractivity contribution in [1.29, 1.82) is 0 Å². The summed E-state index contributed by atoms with van der Waals surface area (Å²) in [7, 11) is 1.69. The Balaban J connectivity index is 1.17. The molecule has 0 bridgehead atoms. The fraction of sp³-hybridized carbons (Fsp3) is 0.321. The fourth-order valence-electron chi connectivity index (χ4n) is 5.10. The van der Waals surface area contributed by atoms with E-state index in [-0.39, 0.29) is 34.7 Å². The molecule has 4 aromatic rings. The van der Waals surface area contributed by atoms with E-state index < -0.39 is 5.54 Å². The van der Waals surface area contributed by atoms with Crippen molar-refractivity contribution in [2.45, 2.75) is 25.5 Å². The Bertz CT molecular complexity index is 1540. The molecule has 2 fully saturated rings. The minimum Gasteiger partial charge on any atom is -0.474 e. The van der Waals surface area contributed by atoms with Crippen molar-refractivity contribution >= 4 is 17.5 Å². The van der Waals surface area contributed by atoms with Gasteiger partial charge in [0, 0.05) is 61.5 Å². The van der Waals surface area contributed by atoms with Crippen LogP contribution in [0.3, 0.4) is 0 Å². The fourth-order valence-corrected chi connectivity index (χ4v) is 5.43. The summed E-state index contributed by atoms with van der Waals surface area (Å²) in [6, 6.07) is 11.6. The van der Waals surface area contributed by atoms with Gasteiger partial charge in [0.05, 0.1) is 5.69 Å². The minimum atomic E-state index is -0.621. The molecule has 0 radical (unpaired) electrons. The van der Waals surface area contributed by atoms with E-state index in [1.807, 2.05) is 26.0 Å². The van der Waals surface area contributed by atoms with Crippen LogP contribution < -0.4 is 10.5 Å². The van der Waals surface area contributed by atoms with Crippen LogP contribution in [-0.4, -0.2) is 54.7 Å². The molecule has 0 unspecified atom stereocenters. The third-order valence-electron chi connectivity index (χ3n) is 7.31. The number of aromatic nitrogens is 5. The number of piperidine rings is 1. The van der Waals surface area contributed by atoms with Gasteiger partial charge in [0.25, 0.3) is 5.91 Å². The number of ether oxygens (including phenoxy) is 1. The smallest absolute Gasteiger partial charge is 0.273 e. The quantitative estimate of drug-likeness (QED) is 0.387. The number of hydrogen-bond acceptors (Lipinski definition) is 7. The Hall–Kier alpha value is -3.89. The monoisotopic (exact) mass is 547 g/mol. The highest BCUT2D eigenvalue weighted by atomic mass is 35.5. The highest BCUT2D eigenvalue weighted by Gasteiger charge is 2.59. The first kappa shape index (κ1) is 25.4. The van der Waals surface area contributed by atoms with Crippen LogP contribution in [0, 0.1) is 17.7 Å². The topological polar surface area (TPSA) is 112 Å². The number of fused-ring (bicyclic) bond motifs is 1. The van der Waals surface area contributed by atoms with Gasteiger partial charge in [-0.15, -0.1) is 0 Å². The first-order valence-corrected chi connectivity index (χ1v) is 13.0. The Morgan fingerprint density at radius 3 is 2.44 bits per heavy atom. The molecule has 0 spiro atoms. The van der Waals surface area contributed by atoms with Gasteiger partial charge in [0.15, 0.2) is 5.82 Å². The zero-order valence-electron chi connectivity index (χ0n) is 21.7. The number of pyridine rings is 1. The molecule has 1 aliphatic carbocycles. The normalized spacial score (nSPS) is 20.2. The predicted octanol–water partition coefficient (Wildman–Crippen LogP) is 4.07. The number of nitrogens with two attached hydrogens (primary N) is 1. The third kappa shape index (κ3) is 4.74. The Morgan fingerprint density at radius 2 is 1.79 bits per heavy atom. The number of hydrogen-bond donors (Lipinski definition) is 1. The van der Waals surface area contributed by atoms with Crippen molar-refractivity contribution in [2.24, 2.45) is 24.6 Å². The average Bonchev–Trinajstić information content (AvgIpc) is 3.22. The summed E-state index contributed by atoms with van der Waals surface area (Å²) in [6.45, 7) is 4.91. The lowest BCUT2D eigenvalue weighted by molar-refractivity contribution is 0.0741. The van der Waals surface area contributed by atoms with Gasteiger partial charge in [0.1, 0.15) is 28.3 Å². The van der Waals surface area contributed by atoms with Gasteiger partial charge in [-0.2, -0.15) is 5.10 Å². The number of benzene rings is 1. The highest BCUT2D eigenvalue weighted by molar-refractivity contribution is 6.35. The molecule has 6 rings (SSSR count). The van der Waals surface area contributed by atoms with Gasteiger partial charge in [-0.25, -0.2) is 19.3 Å². The zero-order valence-corrected chi connectivity index (χ0v) is 22.4. The molecule has 3 aromatic heterocycles. The van der Waals surface area contributed by atoms with E-state index >= 15 is 0 Å². The second-order valence-corrected chi connectivity index (χ2v) is 11.0. The highest BCUT2D eigenvalue weighted by Crippen LogP contribution is 2.48. The molecule has 11 heteroatoms. The molecule has 39 heavy (non-hydrogen) atoms. The van der Waals surface area contributed by atoms with E-state index in [1.165, 1.54) is 16.8 Å². The molecule has 3 atom stereocenters. The standard InChI is InChI=1S/C28H27ClFN7O2/c1-28(2,31)16-11-20(15-5-7-17(30)8-6-15)34-21(12-16)39-25-18-13-37(14-19(18)25)27(38)24-22(29)23(35-36(24)3)26-32-9-4-10-33-26/h4-12,18-19,25H,13-14,31H2,1-3H3/t18-,19+,25+. The molecular formula is C28H27ClFN7O2. The minimum absolute atomic E-state index is 0.0611. The zero-order chi connectivity index (χ0) is 27.5. The molecule has 4 heterocycles. The summed E-state index contributed by atoms with van der Waals surface area (Å²) < 4.78 is 21.3. The third-order valence-corrected chi connectivity index (χ3v) is 7.67. The number of nitrogens with zero attached hydrogens (tertiary/aromatic N) is 6. The molecule has 1 aliphatic heterocycles. The van der Waals surface area contributed by atoms with Gasteiger partial charge >= 0.3 is 0 Å². The molecule has 1 amide bonds. The number of halogens is 2. The van der Waals surface area contributed by atoms with E-state index in [4.69, 9.17) is 22.1 Å². The Labute approximate surface area is 229 Å². The van der Waals surface area contributed by atoms with E-state index in [2.05, 4.69) is 20.1 Å². The van der Waals surface area contributed by atoms with Gasteiger partial charge in [-0.1, -0.05) is 11.6 Å². The largest absolute Gasteiger partial charge is 0.474 e. The maximum Gasteiger partial charge on any atom is 0.273 e. The van der Waals surface area contributed by atoms with Crippen molar-refractivity contribution in [3.63, 3.8) is 0 Å². The second-order valence-electron chi connectivity index (χ2n) is 10.6. The molecule has 2 aliphatic rings. The van der Waals surface area contributed by atoms with Crippen LogP contribution in [0.15, 0.2) is 54.9 Å². The Morgan fingerprint density at radius 1 is 1.13 bits per heavy atom. The number of carbonyl (C=O) groups excluding carboxylic acids is 1. The first-order valence-electron chi connectivity index (χ1n) is 12.6. The van der Waals surface area contributed by atoms with Crippen LogP contribution in [-0.2, 0) is 12.6 Å². The molecular weight excluding hydrogens is 521 g/mol.